The molecule has 0 aliphatic heterocycles. The van der Waals surface area contributed by atoms with E-state index in [0.29, 0.717) is 6.42 Å². The molecule has 18 heavy (non-hydrogen) atoms. The summed E-state index contributed by atoms with van der Waals surface area (Å²) in [7, 11) is 0. The molecule has 2 atom stereocenters. The molecule has 0 fully saturated rings. The normalized spacial score (nSPS) is 30.2. The highest BCUT2D eigenvalue weighted by Gasteiger charge is 2.48. The minimum Gasteiger partial charge on any atom is -0.385 e. The van der Waals surface area contributed by atoms with Crippen LogP contribution in [0.15, 0.2) is 54.6 Å². The molecule has 0 saturated carbocycles. The van der Waals surface area contributed by atoms with Gasteiger partial charge in [-0.05, 0) is 23.6 Å². The maximum Gasteiger partial charge on any atom is 0.118 e. The Morgan fingerprint density at radius 1 is 0.833 bits per heavy atom. The van der Waals surface area contributed by atoms with Gasteiger partial charge in [-0.3, -0.25) is 0 Å². The Kier molecular flexibility index (Phi) is 2.34. The molecule has 2 N–H and O–H groups in total. The van der Waals surface area contributed by atoms with Gasteiger partial charge in [0, 0.05) is 6.42 Å². The molecule has 0 amide bonds. The SMILES string of the molecule is CC1(O)CC(O)(c2ccccc2)c2ccccc21. The molecule has 0 aromatic heterocycles. The van der Waals surface area contributed by atoms with Crippen molar-refractivity contribution in [2.75, 3.05) is 0 Å². The summed E-state index contributed by atoms with van der Waals surface area (Å²) in [5.41, 5.74) is 0.371. The van der Waals surface area contributed by atoms with Gasteiger partial charge in [0.25, 0.3) is 0 Å². The first-order valence-corrected chi connectivity index (χ1v) is 6.14. The lowest BCUT2D eigenvalue weighted by Gasteiger charge is -2.26. The largest absolute Gasteiger partial charge is 0.385 e. The molecular weight excluding hydrogens is 224 g/mol. The molecule has 2 nitrogen and oxygen atoms in total. The number of hydrogen-bond donors (Lipinski definition) is 2. The zero-order valence-corrected chi connectivity index (χ0v) is 10.3. The fourth-order valence-corrected chi connectivity index (χ4v) is 2.97. The summed E-state index contributed by atoms with van der Waals surface area (Å²) in [4.78, 5) is 0. The highest BCUT2D eigenvalue weighted by Crippen LogP contribution is 2.49. The summed E-state index contributed by atoms with van der Waals surface area (Å²) in [6, 6.07) is 17.1. The predicted octanol–water partition coefficient (Wildman–Crippen LogP) is 2.53. The smallest absolute Gasteiger partial charge is 0.118 e. The molecular formula is C16H16O2. The first-order chi connectivity index (χ1) is 8.54. The van der Waals surface area contributed by atoms with Gasteiger partial charge in [0.2, 0.25) is 0 Å². The van der Waals surface area contributed by atoms with Crippen LogP contribution in [-0.4, -0.2) is 10.2 Å². The standard InChI is InChI=1S/C16H16O2/c1-15(17)11-16(18,12-7-3-2-4-8-12)14-10-6-5-9-13(14)15/h2-10,17-18H,11H2,1H3. The summed E-state index contributed by atoms with van der Waals surface area (Å²) < 4.78 is 0. The van der Waals surface area contributed by atoms with Crippen LogP contribution in [0.2, 0.25) is 0 Å². The molecule has 0 spiro atoms. The number of fused-ring (bicyclic) bond motifs is 1. The third-order valence-electron chi connectivity index (χ3n) is 3.80. The van der Waals surface area contributed by atoms with Crippen LogP contribution in [-0.2, 0) is 11.2 Å². The van der Waals surface area contributed by atoms with Crippen LogP contribution in [0.25, 0.3) is 0 Å². The van der Waals surface area contributed by atoms with Crippen molar-refractivity contribution in [2.24, 2.45) is 0 Å². The third kappa shape index (κ3) is 1.50. The second kappa shape index (κ2) is 3.67. The second-order valence-corrected chi connectivity index (χ2v) is 5.22. The van der Waals surface area contributed by atoms with E-state index in [2.05, 4.69) is 0 Å². The molecule has 3 rings (SSSR count). The quantitative estimate of drug-likeness (QED) is 0.804. The molecule has 2 heteroatoms. The van der Waals surface area contributed by atoms with E-state index >= 15 is 0 Å². The van der Waals surface area contributed by atoms with Crippen molar-refractivity contribution in [1.29, 1.82) is 0 Å². The highest BCUT2D eigenvalue weighted by atomic mass is 16.3. The van der Waals surface area contributed by atoms with E-state index < -0.39 is 11.2 Å². The summed E-state index contributed by atoms with van der Waals surface area (Å²) in [5, 5.41) is 21.5. The minimum atomic E-state index is -1.10. The maximum atomic E-state index is 11.0. The van der Waals surface area contributed by atoms with Gasteiger partial charge in [0.05, 0.1) is 5.60 Å². The Morgan fingerprint density at radius 2 is 1.39 bits per heavy atom. The molecule has 2 aromatic carbocycles. The lowest BCUT2D eigenvalue weighted by atomic mass is 9.87. The van der Waals surface area contributed by atoms with E-state index in [9.17, 15) is 10.2 Å². The van der Waals surface area contributed by atoms with Crippen molar-refractivity contribution in [3.05, 3.63) is 71.3 Å². The lowest BCUT2D eigenvalue weighted by molar-refractivity contribution is -0.0133. The molecule has 0 bridgehead atoms. The Labute approximate surface area is 107 Å². The van der Waals surface area contributed by atoms with Crippen LogP contribution >= 0.6 is 0 Å². The summed E-state index contributed by atoms with van der Waals surface area (Å²) in [6.07, 6.45) is 0.295. The van der Waals surface area contributed by atoms with E-state index in [1.165, 1.54) is 0 Å². The average Bonchev–Trinajstić information content (AvgIpc) is 2.60. The Balaban J connectivity index is 2.22. The molecule has 1 aliphatic carbocycles. The van der Waals surface area contributed by atoms with Gasteiger partial charge in [-0.15, -0.1) is 0 Å². The predicted molar refractivity (Wildman–Crippen MR) is 70.1 cm³/mol. The van der Waals surface area contributed by atoms with Crippen molar-refractivity contribution >= 4 is 0 Å². The molecule has 2 aromatic rings. The molecule has 0 saturated heterocycles. The molecule has 0 heterocycles. The summed E-state index contributed by atoms with van der Waals surface area (Å²) in [6.45, 7) is 1.76. The Morgan fingerprint density at radius 3 is 2.06 bits per heavy atom. The molecule has 2 unspecified atom stereocenters. The molecule has 1 aliphatic rings. The number of benzene rings is 2. The third-order valence-corrected chi connectivity index (χ3v) is 3.80. The minimum absolute atomic E-state index is 0.295. The Bertz CT molecular complexity index is 575. The van der Waals surface area contributed by atoms with Gasteiger partial charge in [-0.2, -0.15) is 0 Å². The van der Waals surface area contributed by atoms with Crippen LogP contribution in [0, 0.1) is 0 Å². The van der Waals surface area contributed by atoms with Crippen molar-refractivity contribution in [1.82, 2.24) is 0 Å². The first-order valence-electron chi connectivity index (χ1n) is 6.14. The maximum absolute atomic E-state index is 11.0. The van der Waals surface area contributed by atoms with Crippen molar-refractivity contribution < 1.29 is 10.2 Å². The van der Waals surface area contributed by atoms with E-state index in [4.69, 9.17) is 0 Å². The van der Waals surface area contributed by atoms with Crippen molar-refractivity contribution in [3.8, 4) is 0 Å². The average molecular weight is 240 g/mol. The molecule has 92 valence electrons. The van der Waals surface area contributed by atoms with E-state index in [1.54, 1.807) is 6.92 Å². The van der Waals surface area contributed by atoms with Crippen molar-refractivity contribution in [3.63, 3.8) is 0 Å². The second-order valence-electron chi connectivity index (χ2n) is 5.22. The van der Waals surface area contributed by atoms with E-state index in [-0.39, 0.29) is 0 Å². The van der Waals surface area contributed by atoms with Gasteiger partial charge < -0.3 is 10.2 Å². The van der Waals surface area contributed by atoms with Crippen LogP contribution in [0.4, 0.5) is 0 Å². The van der Waals surface area contributed by atoms with Crippen LogP contribution in [0.3, 0.4) is 0 Å². The fraction of sp³-hybridized carbons (Fsp3) is 0.250. The zero-order chi connectivity index (χ0) is 12.8. The van der Waals surface area contributed by atoms with Crippen LogP contribution < -0.4 is 0 Å². The molecule has 0 radical (unpaired) electrons. The van der Waals surface area contributed by atoms with Crippen LogP contribution in [0.5, 0.6) is 0 Å². The summed E-state index contributed by atoms with van der Waals surface area (Å²) >= 11 is 0. The first kappa shape index (κ1) is 11.5. The fourth-order valence-electron chi connectivity index (χ4n) is 2.97. The van der Waals surface area contributed by atoms with Gasteiger partial charge in [-0.25, -0.2) is 0 Å². The van der Waals surface area contributed by atoms with Gasteiger partial charge in [0.15, 0.2) is 0 Å². The Hall–Kier alpha value is -1.64. The topological polar surface area (TPSA) is 40.5 Å². The lowest BCUT2D eigenvalue weighted by Crippen LogP contribution is -2.27. The number of rotatable bonds is 1. The van der Waals surface area contributed by atoms with E-state index in [1.807, 2.05) is 54.6 Å². The van der Waals surface area contributed by atoms with Gasteiger partial charge >= 0.3 is 0 Å². The summed E-state index contributed by atoms with van der Waals surface area (Å²) in [5.74, 6) is 0. The van der Waals surface area contributed by atoms with Gasteiger partial charge in [0.1, 0.15) is 5.60 Å². The zero-order valence-electron chi connectivity index (χ0n) is 10.3. The van der Waals surface area contributed by atoms with Crippen LogP contribution in [0.1, 0.15) is 30.0 Å². The van der Waals surface area contributed by atoms with E-state index in [0.717, 1.165) is 16.7 Å². The van der Waals surface area contributed by atoms with Gasteiger partial charge in [-0.1, -0.05) is 54.6 Å². The number of hydrogen-bond acceptors (Lipinski definition) is 2. The monoisotopic (exact) mass is 240 g/mol. The van der Waals surface area contributed by atoms with Crippen molar-refractivity contribution in [2.45, 2.75) is 24.5 Å². The highest BCUT2D eigenvalue weighted by molar-refractivity contribution is 5.48. The number of aliphatic hydroxyl groups is 2.